The van der Waals surface area contributed by atoms with Crippen molar-refractivity contribution in [1.82, 2.24) is 5.32 Å². The fraction of sp³-hybridized carbons (Fsp3) is 0.125. The van der Waals surface area contributed by atoms with E-state index < -0.39 is 12.2 Å². The van der Waals surface area contributed by atoms with E-state index in [9.17, 15) is 9.59 Å². The van der Waals surface area contributed by atoms with Crippen LogP contribution in [0.1, 0.15) is 5.56 Å². The SMILES string of the molecule is CNC(=O)Oc1cccc(NC(=O)OCc2ccccc2)c1. The fourth-order valence-electron chi connectivity index (χ4n) is 1.67. The topological polar surface area (TPSA) is 76.7 Å². The average molecular weight is 300 g/mol. The van der Waals surface area contributed by atoms with Crippen molar-refractivity contribution in [2.24, 2.45) is 0 Å². The van der Waals surface area contributed by atoms with E-state index in [2.05, 4.69) is 10.6 Å². The van der Waals surface area contributed by atoms with Crippen molar-refractivity contribution in [1.29, 1.82) is 0 Å². The van der Waals surface area contributed by atoms with Crippen molar-refractivity contribution in [2.45, 2.75) is 6.61 Å². The third kappa shape index (κ3) is 4.82. The zero-order chi connectivity index (χ0) is 15.8. The Hall–Kier alpha value is -3.02. The van der Waals surface area contributed by atoms with Crippen LogP contribution in [0.4, 0.5) is 15.3 Å². The van der Waals surface area contributed by atoms with Crippen LogP contribution in [0.25, 0.3) is 0 Å². The van der Waals surface area contributed by atoms with Gasteiger partial charge in [0.15, 0.2) is 0 Å². The van der Waals surface area contributed by atoms with Crippen molar-refractivity contribution in [3.05, 3.63) is 60.2 Å². The van der Waals surface area contributed by atoms with E-state index in [1.165, 1.54) is 13.1 Å². The molecule has 6 nitrogen and oxygen atoms in total. The molecule has 2 aromatic rings. The molecule has 114 valence electrons. The highest BCUT2D eigenvalue weighted by Crippen LogP contribution is 2.17. The summed E-state index contributed by atoms with van der Waals surface area (Å²) in [6.45, 7) is 0.182. The molecule has 0 saturated heterocycles. The van der Waals surface area contributed by atoms with Gasteiger partial charge in [0.05, 0.1) is 0 Å². The van der Waals surface area contributed by atoms with Crippen molar-refractivity contribution >= 4 is 17.9 Å². The summed E-state index contributed by atoms with van der Waals surface area (Å²) in [6.07, 6.45) is -1.16. The lowest BCUT2D eigenvalue weighted by atomic mass is 10.2. The predicted molar refractivity (Wildman–Crippen MR) is 81.8 cm³/mol. The number of rotatable bonds is 4. The Kier molecular flexibility index (Phi) is 5.37. The smallest absolute Gasteiger partial charge is 0.412 e. The summed E-state index contributed by atoms with van der Waals surface area (Å²) in [5.74, 6) is 0.320. The van der Waals surface area contributed by atoms with Crippen LogP contribution in [-0.2, 0) is 11.3 Å². The molecule has 0 bridgehead atoms. The lowest BCUT2D eigenvalue weighted by Gasteiger charge is -2.08. The number of carbonyl (C=O) groups excluding carboxylic acids is 2. The molecule has 0 heterocycles. The number of ether oxygens (including phenoxy) is 2. The molecule has 0 spiro atoms. The van der Waals surface area contributed by atoms with Gasteiger partial charge in [-0.25, -0.2) is 9.59 Å². The van der Waals surface area contributed by atoms with E-state index in [-0.39, 0.29) is 6.61 Å². The van der Waals surface area contributed by atoms with Crippen LogP contribution in [0.2, 0.25) is 0 Å². The summed E-state index contributed by atoms with van der Waals surface area (Å²) in [5, 5.41) is 4.91. The Morgan fingerprint density at radius 1 is 1.00 bits per heavy atom. The van der Waals surface area contributed by atoms with Crippen molar-refractivity contribution in [3.63, 3.8) is 0 Å². The molecule has 0 fully saturated rings. The van der Waals surface area contributed by atoms with Gasteiger partial charge in [0, 0.05) is 18.8 Å². The summed E-state index contributed by atoms with van der Waals surface area (Å²) in [6, 6.07) is 15.8. The normalized spacial score (nSPS) is 9.68. The molecular formula is C16H16N2O4. The zero-order valence-corrected chi connectivity index (χ0v) is 12.0. The van der Waals surface area contributed by atoms with Gasteiger partial charge in [-0.1, -0.05) is 36.4 Å². The minimum Gasteiger partial charge on any atom is -0.444 e. The summed E-state index contributed by atoms with van der Waals surface area (Å²) < 4.78 is 10.1. The molecule has 6 heteroatoms. The van der Waals surface area contributed by atoms with Gasteiger partial charge in [-0.2, -0.15) is 0 Å². The van der Waals surface area contributed by atoms with Gasteiger partial charge in [0.1, 0.15) is 12.4 Å². The number of anilines is 1. The van der Waals surface area contributed by atoms with Gasteiger partial charge in [-0.05, 0) is 17.7 Å². The number of benzene rings is 2. The second-order valence-corrected chi connectivity index (χ2v) is 4.35. The molecule has 0 aliphatic rings. The van der Waals surface area contributed by atoms with Crippen LogP contribution >= 0.6 is 0 Å². The minimum absolute atomic E-state index is 0.182. The van der Waals surface area contributed by atoms with Gasteiger partial charge >= 0.3 is 12.2 Å². The molecular weight excluding hydrogens is 284 g/mol. The highest BCUT2D eigenvalue weighted by molar-refractivity contribution is 5.85. The fourth-order valence-corrected chi connectivity index (χ4v) is 1.67. The van der Waals surface area contributed by atoms with Gasteiger partial charge in [0.2, 0.25) is 0 Å². The van der Waals surface area contributed by atoms with Gasteiger partial charge in [-0.15, -0.1) is 0 Å². The van der Waals surface area contributed by atoms with Crippen molar-refractivity contribution in [3.8, 4) is 5.75 Å². The minimum atomic E-state index is -0.582. The Morgan fingerprint density at radius 2 is 1.77 bits per heavy atom. The maximum Gasteiger partial charge on any atom is 0.412 e. The Morgan fingerprint density at radius 3 is 2.50 bits per heavy atom. The molecule has 0 unspecified atom stereocenters. The third-order valence-corrected chi connectivity index (χ3v) is 2.71. The Bertz CT molecular complexity index is 644. The molecule has 0 aliphatic heterocycles. The first-order valence-corrected chi connectivity index (χ1v) is 6.64. The molecule has 2 amide bonds. The lowest BCUT2D eigenvalue weighted by Crippen LogP contribution is -2.22. The third-order valence-electron chi connectivity index (χ3n) is 2.71. The molecule has 2 rings (SSSR count). The quantitative estimate of drug-likeness (QED) is 0.909. The summed E-state index contributed by atoms with van der Waals surface area (Å²) >= 11 is 0. The second kappa shape index (κ2) is 7.68. The Labute approximate surface area is 128 Å². The lowest BCUT2D eigenvalue weighted by molar-refractivity contribution is 0.155. The summed E-state index contributed by atoms with van der Waals surface area (Å²) in [4.78, 5) is 22.9. The first kappa shape index (κ1) is 15.4. The molecule has 22 heavy (non-hydrogen) atoms. The first-order chi connectivity index (χ1) is 10.7. The standard InChI is InChI=1S/C16H16N2O4/c1-17-15(19)22-14-9-5-8-13(10-14)18-16(20)21-11-12-6-3-2-4-7-12/h2-10H,11H2,1H3,(H,17,19)(H,18,20). The molecule has 0 atom stereocenters. The van der Waals surface area contributed by atoms with E-state index in [1.54, 1.807) is 18.2 Å². The van der Waals surface area contributed by atoms with Crippen LogP contribution in [0.5, 0.6) is 5.75 Å². The largest absolute Gasteiger partial charge is 0.444 e. The van der Waals surface area contributed by atoms with E-state index in [4.69, 9.17) is 9.47 Å². The number of nitrogens with one attached hydrogen (secondary N) is 2. The van der Waals surface area contributed by atoms with Crippen molar-refractivity contribution < 1.29 is 19.1 Å². The summed E-state index contributed by atoms with van der Waals surface area (Å²) in [7, 11) is 1.46. The predicted octanol–water partition coefficient (Wildman–Crippen LogP) is 3.15. The van der Waals surface area contributed by atoms with Crippen LogP contribution in [-0.4, -0.2) is 19.2 Å². The molecule has 2 aromatic carbocycles. The molecule has 0 saturated carbocycles. The van der Waals surface area contributed by atoms with E-state index in [0.29, 0.717) is 11.4 Å². The van der Waals surface area contributed by atoms with Gasteiger partial charge in [0.25, 0.3) is 0 Å². The molecule has 2 N–H and O–H groups in total. The first-order valence-electron chi connectivity index (χ1n) is 6.64. The number of hydrogen-bond donors (Lipinski definition) is 2. The maximum atomic E-state index is 11.7. The Balaban J connectivity index is 1.88. The molecule has 0 radical (unpaired) electrons. The van der Waals surface area contributed by atoms with E-state index >= 15 is 0 Å². The van der Waals surface area contributed by atoms with Crippen LogP contribution in [0, 0.1) is 0 Å². The maximum absolute atomic E-state index is 11.7. The van der Waals surface area contributed by atoms with E-state index in [1.807, 2.05) is 30.3 Å². The van der Waals surface area contributed by atoms with Crippen LogP contribution < -0.4 is 15.4 Å². The van der Waals surface area contributed by atoms with E-state index in [0.717, 1.165) is 5.56 Å². The zero-order valence-electron chi connectivity index (χ0n) is 12.0. The second-order valence-electron chi connectivity index (χ2n) is 4.35. The average Bonchev–Trinajstić information content (AvgIpc) is 2.54. The van der Waals surface area contributed by atoms with Crippen molar-refractivity contribution in [2.75, 3.05) is 12.4 Å². The number of hydrogen-bond acceptors (Lipinski definition) is 4. The van der Waals surface area contributed by atoms with Crippen LogP contribution in [0.3, 0.4) is 0 Å². The number of carbonyl (C=O) groups is 2. The monoisotopic (exact) mass is 300 g/mol. The number of amides is 2. The highest BCUT2D eigenvalue weighted by Gasteiger charge is 2.06. The van der Waals surface area contributed by atoms with Gasteiger partial charge < -0.3 is 14.8 Å². The molecule has 0 aliphatic carbocycles. The summed E-state index contributed by atoms with van der Waals surface area (Å²) in [5.41, 5.74) is 1.37. The molecule has 0 aromatic heterocycles. The van der Waals surface area contributed by atoms with Gasteiger partial charge in [-0.3, -0.25) is 5.32 Å². The van der Waals surface area contributed by atoms with Crippen LogP contribution in [0.15, 0.2) is 54.6 Å². The highest BCUT2D eigenvalue weighted by atomic mass is 16.6.